The molecule has 0 heterocycles. The van der Waals surface area contributed by atoms with Gasteiger partial charge in [0.1, 0.15) is 11.9 Å². The summed E-state index contributed by atoms with van der Waals surface area (Å²) in [6.45, 7) is 3.53. The molecule has 6 heteroatoms. The maximum Gasteiger partial charge on any atom is 0.326 e. The molecule has 118 valence electrons. The van der Waals surface area contributed by atoms with Gasteiger partial charge in [0.25, 0.3) is 0 Å². The Morgan fingerprint density at radius 2 is 2.27 bits per heavy atom. The van der Waals surface area contributed by atoms with Crippen LogP contribution in [-0.4, -0.2) is 23.0 Å². The predicted octanol–water partition coefficient (Wildman–Crippen LogP) is 3.12. The van der Waals surface area contributed by atoms with Crippen LogP contribution in [0.3, 0.4) is 0 Å². The Morgan fingerprint density at radius 1 is 1.55 bits per heavy atom. The molecule has 2 N–H and O–H groups in total. The second-order valence-corrected chi connectivity index (χ2v) is 5.76. The highest BCUT2D eigenvalue weighted by molar-refractivity contribution is 6.31. The molecule has 1 aliphatic rings. The highest BCUT2D eigenvalue weighted by atomic mass is 35.5. The molecule has 1 aromatic carbocycles. The highest BCUT2D eigenvalue weighted by Crippen LogP contribution is 2.50. The van der Waals surface area contributed by atoms with Crippen LogP contribution in [0.2, 0.25) is 5.02 Å². The Balaban J connectivity index is 2.01. The molecule has 0 aliphatic heterocycles. The van der Waals surface area contributed by atoms with Crippen molar-refractivity contribution in [2.75, 3.05) is 0 Å². The topological polar surface area (TPSA) is 66.4 Å². The van der Waals surface area contributed by atoms with Crippen molar-refractivity contribution in [3.63, 3.8) is 0 Å². The van der Waals surface area contributed by atoms with Crippen LogP contribution in [0.1, 0.15) is 30.7 Å². The van der Waals surface area contributed by atoms with E-state index in [1.165, 1.54) is 12.1 Å². The number of hydrogen-bond acceptors (Lipinski definition) is 2. The van der Waals surface area contributed by atoms with Gasteiger partial charge in [0.2, 0.25) is 5.91 Å². The van der Waals surface area contributed by atoms with Gasteiger partial charge in [0.15, 0.2) is 0 Å². The minimum atomic E-state index is -1.09. The van der Waals surface area contributed by atoms with E-state index in [0.29, 0.717) is 23.4 Å². The van der Waals surface area contributed by atoms with Crippen LogP contribution in [0, 0.1) is 11.7 Å². The second kappa shape index (κ2) is 6.92. The fraction of sp³-hybridized carbons (Fsp3) is 0.375. The summed E-state index contributed by atoms with van der Waals surface area (Å²) in [5.41, 5.74) is 0.335. The van der Waals surface area contributed by atoms with Crippen molar-refractivity contribution < 1.29 is 19.1 Å². The smallest absolute Gasteiger partial charge is 0.326 e. The van der Waals surface area contributed by atoms with Gasteiger partial charge in [-0.3, -0.25) is 4.79 Å². The number of carbonyl (C=O) groups excluding carboxylic acids is 1. The number of rotatable bonds is 7. The van der Waals surface area contributed by atoms with Crippen LogP contribution in [0.15, 0.2) is 30.9 Å². The Morgan fingerprint density at radius 3 is 2.86 bits per heavy atom. The van der Waals surface area contributed by atoms with Crippen molar-refractivity contribution in [2.24, 2.45) is 5.92 Å². The van der Waals surface area contributed by atoms with Gasteiger partial charge >= 0.3 is 5.97 Å². The molecule has 0 bridgehead atoms. The number of carbonyl (C=O) groups is 2. The van der Waals surface area contributed by atoms with Crippen molar-refractivity contribution >= 4 is 23.5 Å². The molecule has 0 saturated heterocycles. The number of allylic oxidation sites excluding steroid dienone is 1. The van der Waals surface area contributed by atoms with E-state index in [1.807, 2.05) is 0 Å². The summed E-state index contributed by atoms with van der Waals surface area (Å²) in [6, 6.07) is 3.44. The van der Waals surface area contributed by atoms with Crippen molar-refractivity contribution in [1.82, 2.24) is 5.32 Å². The zero-order valence-electron chi connectivity index (χ0n) is 11.9. The summed E-state index contributed by atoms with van der Waals surface area (Å²) in [6.07, 6.45) is 2.84. The highest BCUT2D eigenvalue weighted by Gasteiger charge is 2.46. The fourth-order valence-electron chi connectivity index (χ4n) is 2.49. The molecule has 4 nitrogen and oxygen atoms in total. The predicted molar refractivity (Wildman–Crippen MR) is 81.3 cm³/mol. The lowest BCUT2D eigenvalue weighted by atomic mass is 10.1. The summed E-state index contributed by atoms with van der Waals surface area (Å²) in [7, 11) is 0. The molecule has 1 fully saturated rings. The quantitative estimate of drug-likeness (QED) is 0.757. The van der Waals surface area contributed by atoms with Crippen LogP contribution in [0.4, 0.5) is 4.39 Å². The average molecular weight is 326 g/mol. The third kappa shape index (κ3) is 3.65. The third-order valence-electron chi connectivity index (χ3n) is 3.77. The van der Waals surface area contributed by atoms with Crippen LogP contribution >= 0.6 is 11.6 Å². The van der Waals surface area contributed by atoms with Gasteiger partial charge < -0.3 is 10.4 Å². The molecule has 0 aromatic heterocycles. The van der Waals surface area contributed by atoms with Crippen LogP contribution in [0.5, 0.6) is 0 Å². The van der Waals surface area contributed by atoms with Gasteiger partial charge in [0.05, 0.1) is 0 Å². The van der Waals surface area contributed by atoms with E-state index in [1.54, 1.807) is 12.1 Å². The minimum Gasteiger partial charge on any atom is -0.480 e. The van der Waals surface area contributed by atoms with E-state index >= 15 is 0 Å². The van der Waals surface area contributed by atoms with Gasteiger partial charge in [0, 0.05) is 22.4 Å². The largest absolute Gasteiger partial charge is 0.480 e. The van der Waals surface area contributed by atoms with Gasteiger partial charge in [-0.15, -0.1) is 6.58 Å². The molecular formula is C16H17ClFNO3. The number of carboxylic acids is 1. The molecule has 1 aliphatic carbocycles. The summed E-state index contributed by atoms with van der Waals surface area (Å²) >= 11 is 5.98. The molecule has 1 aromatic rings. The number of hydrogen-bond donors (Lipinski definition) is 2. The molecular weight excluding hydrogens is 309 g/mol. The first kappa shape index (κ1) is 16.5. The Hall–Kier alpha value is -1.88. The first-order valence-corrected chi connectivity index (χ1v) is 7.41. The van der Waals surface area contributed by atoms with E-state index < -0.39 is 23.7 Å². The first-order chi connectivity index (χ1) is 10.5. The summed E-state index contributed by atoms with van der Waals surface area (Å²) in [5.74, 6) is -2.62. The van der Waals surface area contributed by atoms with Gasteiger partial charge in [-0.1, -0.05) is 23.7 Å². The fourth-order valence-corrected chi connectivity index (χ4v) is 2.79. The maximum atomic E-state index is 13.8. The number of nitrogens with one attached hydrogen (secondary N) is 1. The lowest BCUT2D eigenvalue weighted by Gasteiger charge is -2.13. The maximum absolute atomic E-state index is 13.8. The lowest BCUT2D eigenvalue weighted by molar-refractivity contribution is -0.142. The molecule has 22 heavy (non-hydrogen) atoms. The van der Waals surface area contributed by atoms with Gasteiger partial charge in [-0.25, -0.2) is 9.18 Å². The number of carboxylic acid groups (broad SMARTS) is 1. The van der Waals surface area contributed by atoms with E-state index in [-0.39, 0.29) is 18.2 Å². The molecule has 3 unspecified atom stereocenters. The first-order valence-electron chi connectivity index (χ1n) is 7.03. The lowest BCUT2D eigenvalue weighted by Crippen LogP contribution is -2.41. The monoisotopic (exact) mass is 325 g/mol. The second-order valence-electron chi connectivity index (χ2n) is 5.35. The molecule has 3 atom stereocenters. The van der Waals surface area contributed by atoms with Crippen molar-refractivity contribution in [1.29, 1.82) is 0 Å². The zero-order valence-corrected chi connectivity index (χ0v) is 12.6. The molecule has 1 amide bonds. The zero-order chi connectivity index (χ0) is 16.3. The van der Waals surface area contributed by atoms with Crippen molar-refractivity contribution in [2.45, 2.75) is 31.2 Å². The number of aliphatic carboxylic acids is 1. The van der Waals surface area contributed by atoms with Crippen molar-refractivity contribution in [3.05, 3.63) is 47.3 Å². The summed E-state index contributed by atoms with van der Waals surface area (Å²) in [4.78, 5) is 23.2. The van der Waals surface area contributed by atoms with Gasteiger partial charge in [-0.05, 0) is 31.4 Å². The van der Waals surface area contributed by atoms with E-state index in [0.717, 1.165) is 0 Å². The van der Waals surface area contributed by atoms with Crippen LogP contribution < -0.4 is 5.32 Å². The summed E-state index contributed by atoms with van der Waals surface area (Å²) in [5, 5.41) is 11.9. The van der Waals surface area contributed by atoms with E-state index in [9.17, 15) is 14.0 Å². The Labute approximate surface area is 133 Å². The van der Waals surface area contributed by atoms with Crippen LogP contribution in [-0.2, 0) is 9.59 Å². The number of amides is 1. The minimum absolute atomic E-state index is 0.280. The average Bonchev–Trinajstić information content (AvgIpc) is 3.23. The Bertz CT molecular complexity index is 585. The summed E-state index contributed by atoms with van der Waals surface area (Å²) < 4.78 is 13.8. The number of benzene rings is 1. The molecule has 1 saturated carbocycles. The van der Waals surface area contributed by atoms with Gasteiger partial charge in [-0.2, -0.15) is 0 Å². The van der Waals surface area contributed by atoms with E-state index in [2.05, 4.69) is 11.9 Å². The van der Waals surface area contributed by atoms with Crippen LogP contribution in [0.25, 0.3) is 0 Å². The van der Waals surface area contributed by atoms with Crippen molar-refractivity contribution in [3.8, 4) is 0 Å². The van der Waals surface area contributed by atoms with E-state index in [4.69, 9.17) is 16.7 Å². The third-order valence-corrected chi connectivity index (χ3v) is 4.10. The SMILES string of the molecule is C=CCCC(NC(=O)C1CC1c1c(F)cccc1Cl)C(=O)O. The normalized spacial score (nSPS) is 21.0. The molecule has 2 rings (SSSR count). The number of halogens is 2. The molecule has 0 spiro atoms. The standard InChI is InChI=1S/C16H17ClFNO3/c1-2-3-7-13(16(21)22)19-15(20)10-8-9(10)14-11(17)5-4-6-12(14)18/h2,4-6,9-10,13H,1,3,7-8H2,(H,19,20)(H,21,22). The molecule has 0 radical (unpaired) electrons. The Kier molecular flexibility index (Phi) is 5.19.